The van der Waals surface area contributed by atoms with Crippen LogP contribution in [-0.4, -0.2) is 41.1 Å². The predicted molar refractivity (Wildman–Crippen MR) is 48.6 cm³/mol. The summed E-state index contributed by atoms with van der Waals surface area (Å²) in [5.41, 5.74) is 0. The summed E-state index contributed by atoms with van der Waals surface area (Å²) in [7, 11) is 1.50. The van der Waals surface area contributed by atoms with E-state index in [1.807, 2.05) is 0 Å². The van der Waals surface area contributed by atoms with Crippen molar-refractivity contribution in [1.29, 1.82) is 0 Å². The lowest BCUT2D eigenvalue weighted by Gasteiger charge is -2.12. The minimum atomic E-state index is -0.0394. The molecule has 1 fully saturated rings. The Bertz CT molecular complexity index is 183. The number of rotatable bonds is 2. The number of nitrogens with zero attached hydrogens (tertiary/aromatic N) is 1. The van der Waals surface area contributed by atoms with Crippen molar-refractivity contribution in [3.05, 3.63) is 0 Å². The Hall–Kier alpha value is -0.130. The van der Waals surface area contributed by atoms with E-state index in [0.29, 0.717) is 4.32 Å². The van der Waals surface area contributed by atoms with Crippen LogP contribution in [0.2, 0.25) is 0 Å². The number of hydrogen-bond acceptors (Lipinski definition) is 4. The van der Waals surface area contributed by atoms with E-state index >= 15 is 0 Å². The summed E-state index contributed by atoms with van der Waals surface area (Å²) < 4.78 is 5.38. The van der Waals surface area contributed by atoms with Crippen molar-refractivity contribution in [2.24, 2.45) is 0 Å². The molecule has 0 spiro atoms. The Kier molecular flexibility index (Phi) is 3.29. The minimum absolute atomic E-state index is 0.0394. The van der Waals surface area contributed by atoms with E-state index in [9.17, 15) is 4.79 Å². The zero-order valence-corrected chi connectivity index (χ0v) is 7.83. The molecule has 0 N–H and O–H groups in total. The van der Waals surface area contributed by atoms with E-state index < -0.39 is 0 Å². The Morgan fingerprint density at radius 1 is 1.91 bits per heavy atom. The molecule has 0 bridgehead atoms. The van der Waals surface area contributed by atoms with Gasteiger partial charge >= 0.3 is 0 Å². The molecule has 0 saturated carbocycles. The van der Waals surface area contributed by atoms with Crippen molar-refractivity contribution in [2.75, 3.05) is 26.0 Å². The maximum absolute atomic E-state index is 11.2. The van der Waals surface area contributed by atoms with Crippen molar-refractivity contribution < 1.29 is 9.53 Å². The van der Waals surface area contributed by atoms with Crippen LogP contribution in [0, 0.1) is 0 Å². The van der Waals surface area contributed by atoms with Gasteiger partial charge in [0.25, 0.3) is 5.91 Å². The van der Waals surface area contributed by atoms with E-state index in [0.717, 1.165) is 12.3 Å². The molecule has 1 rings (SSSR count). The van der Waals surface area contributed by atoms with Crippen LogP contribution in [0.15, 0.2) is 0 Å². The van der Waals surface area contributed by atoms with Crippen LogP contribution < -0.4 is 0 Å². The monoisotopic (exact) mass is 191 g/mol. The summed E-state index contributed by atoms with van der Waals surface area (Å²) in [6, 6.07) is 0. The highest BCUT2D eigenvalue weighted by Crippen LogP contribution is 2.17. The van der Waals surface area contributed by atoms with Crippen LogP contribution in [0.4, 0.5) is 0 Å². The largest absolute Gasteiger partial charge is 0.375 e. The van der Waals surface area contributed by atoms with Gasteiger partial charge in [-0.2, -0.15) is 0 Å². The second-order valence-corrected chi connectivity index (χ2v) is 3.82. The third-order valence-corrected chi connectivity index (χ3v) is 2.76. The topological polar surface area (TPSA) is 29.5 Å². The van der Waals surface area contributed by atoms with E-state index in [4.69, 9.17) is 17.0 Å². The molecule has 62 valence electrons. The van der Waals surface area contributed by atoms with Crippen molar-refractivity contribution in [3.63, 3.8) is 0 Å². The first-order valence-corrected chi connectivity index (χ1v) is 4.61. The first kappa shape index (κ1) is 8.96. The summed E-state index contributed by atoms with van der Waals surface area (Å²) >= 11 is 6.48. The fourth-order valence-electron chi connectivity index (χ4n) is 0.821. The van der Waals surface area contributed by atoms with Crippen LogP contribution in [-0.2, 0) is 9.53 Å². The molecule has 0 aliphatic carbocycles. The number of thiocarbonyl (C=S) groups is 1. The number of ether oxygens (including phenoxy) is 1. The summed E-state index contributed by atoms with van der Waals surface area (Å²) in [5.74, 6) is 0.872. The molecular formula is C6H9NO2S2. The van der Waals surface area contributed by atoms with Gasteiger partial charge < -0.3 is 4.74 Å². The first-order chi connectivity index (χ1) is 5.25. The third kappa shape index (κ3) is 2.15. The SMILES string of the molecule is COCC(=O)N1CCSC1=S. The fraction of sp³-hybridized carbons (Fsp3) is 0.667. The third-order valence-electron chi connectivity index (χ3n) is 1.33. The molecule has 0 aromatic carbocycles. The van der Waals surface area contributed by atoms with Crippen LogP contribution in [0.5, 0.6) is 0 Å². The lowest BCUT2D eigenvalue weighted by Crippen LogP contribution is -2.33. The van der Waals surface area contributed by atoms with E-state index in [1.165, 1.54) is 7.11 Å². The van der Waals surface area contributed by atoms with Crippen LogP contribution in [0.3, 0.4) is 0 Å². The Morgan fingerprint density at radius 3 is 3.09 bits per heavy atom. The standard InChI is InChI=1S/C6H9NO2S2/c1-9-4-5(8)7-2-3-11-6(7)10/h2-4H2,1H3. The number of amides is 1. The lowest BCUT2D eigenvalue weighted by atomic mass is 10.5. The van der Waals surface area contributed by atoms with Crippen molar-refractivity contribution >= 4 is 34.2 Å². The number of methoxy groups -OCH3 is 1. The van der Waals surface area contributed by atoms with Crippen molar-refractivity contribution in [1.82, 2.24) is 4.90 Å². The Morgan fingerprint density at radius 2 is 2.64 bits per heavy atom. The molecule has 1 aliphatic rings. The van der Waals surface area contributed by atoms with Crippen molar-refractivity contribution in [3.8, 4) is 0 Å². The fourth-order valence-corrected chi connectivity index (χ4v) is 2.06. The molecule has 0 atom stereocenters. The molecule has 0 aromatic heterocycles. The normalized spacial score (nSPS) is 17.5. The summed E-state index contributed by atoms with van der Waals surface area (Å²) in [5, 5.41) is 0. The molecule has 0 aromatic rings. The van der Waals surface area contributed by atoms with Gasteiger partial charge in [-0.15, -0.1) is 0 Å². The van der Waals surface area contributed by atoms with Gasteiger partial charge in [0.1, 0.15) is 10.9 Å². The van der Waals surface area contributed by atoms with Gasteiger partial charge in [0.05, 0.1) is 0 Å². The summed E-state index contributed by atoms with van der Waals surface area (Å²) in [6.07, 6.45) is 0. The van der Waals surface area contributed by atoms with Crippen LogP contribution >= 0.6 is 24.0 Å². The van der Waals surface area contributed by atoms with Crippen molar-refractivity contribution in [2.45, 2.75) is 0 Å². The highest BCUT2D eigenvalue weighted by atomic mass is 32.2. The Labute approximate surface area is 75.1 Å². The molecule has 0 unspecified atom stereocenters. The predicted octanol–water partition coefficient (Wildman–Crippen LogP) is 0.493. The van der Waals surface area contributed by atoms with Gasteiger partial charge in [-0.05, 0) is 0 Å². The quantitative estimate of drug-likeness (QED) is 0.594. The zero-order chi connectivity index (χ0) is 8.27. The Balaban J connectivity index is 2.46. The highest BCUT2D eigenvalue weighted by Gasteiger charge is 2.23. The van der Waals surface area contributed by atoms with Crippen LogP contribution in [0.1, 0.15) is 0 Å². The van der Waals surface area contributed by atoms with Gasteiger partial charge in [-0.3, -0.25) is 9.69 Å². The molecule has 1 aliphatic heterocycles. The number of carbonyl (C=O) groups excluding carboxylic acids is 1. The minimum Gasteiger partial charge on any atom is -0.375 e. The molecule has 5 heteroatoms. The first-order valence-electron chi connectivity index (χ1n) is 3.21. The van der Waals surface area contributed by atoms with Gasteiger partial charge in [-0.1, -0.05) is 24.0 Å². The zero-order valence-electron chi connectivity index (χ0n) is 6.20. The average Bonchev–Trinajstić information content (AvgIpc) is 2.36. The van der Waals surface area contributed by atoms with Crippen LogP contribution in [0.25, 0.3) is 0 Å². The molecule has 3 nitrogen and oxygen atoms in total. The maximum Gasteiger partial charge on any atom is 0.254 e. The van der Waals surface area contributed by atoms with Gasteiger partial charge in [0.15, 0.2) is 0 Å². The lowest BCUT2D eigenvalue weighted by molar-refractivity contribution is -0.130. The van der Waals surface area contributed by atoms with E-state index in [2.05, 4.69) is 0 Å². The van der Waals surface area contributed by atoms with E-state index in [-0.39, 0.29) is 12.5 Å². The summed E-state index contributed by atoms with van der Waals surface area (Å²) in [4.78, 5) is 12.7. The molecule has 11 heavy (non-hydrogen) atoms. The van der Waals surface area contributed by atoms with Gasteiger partial charge in [0.2, 0.25) is 0 Å². The smallest absolute Gasteiger partial charge is 0.254 e. The summed E-state index contributed by atoms with van der Waals surface area (Å²) in [6.45, 7) is 0.854. The molecule has 1 saturated heterocycles. The molecule has 1 heterocycles. The molecule has 0 radical (unpaired) electrons. The van der Waals surface area contributed by atoms with Gasteiger partial charge in [-0.25, -0.2) is 0 Å². The molecule has 1 amide bonds. The number of hydrogen-bond donors (Lipinski definition) is 0. The maximum atomic E-state index is 11.2. The molecular weight excluding hydrogens is 182 g/mol. The second-order valence-electron chi connectivity index (χ2n) is 2.09. The van der Waals surface area contributed by atoms with Gasteiger partial charge in [0, 0.05) is 19.4 Å². The number of carbonyl (C=O) groups is 1. The highest BCUT2D eigenvalue weighted by molar-refractivity contribution is 8.23. The van der Waals surface area contributed by atoms with E-state index in [1.54, 1.807) is 16.7 Å². The number of thioether (sulfide) groups is 1. The second kappa shape index (κ2) is 4.04. The average molecular weight is 191 g/mol.